The van der Waals surface area contributed by atoms with Crippen LogP contribution in [0.3, 0.4) is 0 Å². The number of carbonyl (C=O) groups is 1. The van der Waals surface area contributed by atoms with Gasteiger partial charge in [-0.15, -0.1) is 0 Å². The normalized spacial score (nSPS) is 16.7. The second kappa shape index (κ2) is 8.84. The molecule has 3 aromatic rings. The van der Waals surface area contributed by atoms with Gasteiger partial charge in [0.1, 0.15) is 0 Å². The summed E-state index contributed by atoms with van der Waals surface area (Å²) in [6.07, 6.45) is 5.14. The summed E-state index contributed by atoms with van der Waals surface area (Å²) in [5, 5.41) is 10.6. The number of carbonyl (C=O) groups excluding carboxylic acids is 1. The van der Waals surface area contributed by atoms with Crippen molar-refractivity contribution in [2.75, 3.05) is 19.6 Å². The van der Waals surface area contributed by atoms with Crippen LogP contribution in [-0.2, 0) is 17.3 Å². The number of piperidine rings is 1. The molecule has 1 atom stereocenters. The highest BCUT2D eigenvalue weighted by atomic mass is 32.2. The maximum absolute atomic E-state index is 12.9. The molecule has 3 heterocycles. The number of pyridine rings is 1. The molecule has 8 heteroatoms. The summed E-state index contributed by atoms with van der Waals surface area (Å²) < 4.78 is 12.9. The number of benzene rings is 1. The lowest BCUT2D eigenvalue weighted by atomic mass is 10.1. The van der Waals surface area contributed by atoms with Crippen molar-refractivity contribution in [3.63, 3.8) is 0 Å². The van der Waals surface area contributed by atoms with E-state index in [9.17, 15) is 9.00 Å². The zero-order chi connectivity index (χ0) is 20.2. The zero-order valence-corrected chi connectivity index (χ0v) is 17.2. The average Bonchev–Trinajstić information content (AvgIpc) is 3.25. The van der Waals surface area contributed by atoms with Crippen LogP contribution in [-0.4, -0.2) is 55.1 Å². The number of aromatic nitrogens is 3. The van der Waals surface area contributed by atoms with Gasteiger partial charge in [0.05, 0.1) is 22.6 Å². The number of amides is 1. The Bertz CT molecular complexity index is 1010. The highest BCUT2D eigenvalue weighted by Crippen LogP contribution is 2.21. The number of H-pyrrole nitrogens is 1. The molecule has 0 radical (unpaired) electrons. The minimum absolute atomic E-state index is 0.184. The molecule has 1 aromatic carbocycles. The average molecular weight is 412 g/mol. The zero-order valence-electron chi connectivity index (χ0n) is 16.4. The third kappa shape index (κ3) is 4.54. The van der Waals surface area contributed by atoms with E-state index in [1.165, 1.54) is 6.20 Å². The van der Waals surface area contributed by atoms with Crippen molar-refractivity contribution in [2.45, 2.75) is 36.5 Å². The molecule has 2 N–H and O–H groups in total. The van der Waals surface area contributed by atoms with Gasteiger partial charge in [-0.05, 0) is 56.2 Å². The number of nitrogens with zero attached hydrogens (tertiary/aromatic N) is 3. The Kier molecular flexibility index (Phi) is 6.01. The van der Waals surface area contributed by atoms with Crippen molar-refractivity contribution >= 4 is 27.7 Å². The van der Waals surface area contributed by atoms with E-state index in [2.05, 4.69) is 32.3 Å². The topological polar surface area (TPSA) is 91.0 Å². The monoisotopic (exact) mass is 411 g/mol. The smallest absolute Gasteiger partial charge is 0.253 e. The van der Waals surface area contributed by atoms with Gasteiger partial charge in [0, 0.05) is 28.3 Å². The number of aromatic amines is 1. The highest BCUT2D eigenvalue weighted by Gasteiger charge is 2.24. The molecule has 1 aliphatic rings. The van der Waals surface area contributed by atoms with E-state index >= 15 is 0 Å². The van der Waals surface area contributed by atoms with Crippen LogP contribution in [0.4, 0.5) is 0 Å². The van der Waals surface area contributed by atoms with E-state index in [-0.39, 0.29) is 11.2 Å². The first-order chi connectivity index (χ1) is 14.1. The Morgan fingerprint density at radius 2 is 2.00 bits per heavy atom. The maximum Gasteiger partial charge on any atom is 0.253 e. The van der Waals surface area contributed by atoms with E-state index in [1.54, 1.807) is 12.3 Å². The Morgan fingerprint density at radius 3 is 2.72 bits per heavy atom. The quantitative estimate of drug-likeness (QED) is 0.650. The van der Waals surface area contributed by atoms with Gasteiger partial charge in [-0.3, -0.25) is 14.1 Å². The number of likely N-dealkylation sites (tertiary alicyclic amines) is 1. The number of hydrogen-bond donors (Lipinski definition) is 2. The van der Waals surface area contributed by atoms with E-state index < -0.39 is 10.8 Å². The van der Waals surface area contributed by atoms with Crippen LogP contribution in [0.15, 0.2) is 47.6 Å². The molecule has 29 heavy (non-hydrogen) atoms. The number of fused-ring (bicyclic) bond motifs is 1. The number of rotatable bonds is 6. The fourth-order valence-corrected chi connectivity index (χ4v) is 5.05. The second-order valence-electron chi connectivity index (χ2n) is 7.29. The molecule has 0 saturated carbocycles. The molecule has 1 fully saturated rings. The maximum atomic E-state index is 12.9. The van der Waals surface area contributed by atoms with Crippen LogP contribution in [0.1, 0.15) is 35.7 Å². The lowest BCUT2D eigenvalue weighted by Gasteiger charge is -2.30. The minimum atomic E-state index is -0.978. The number of nitrogens with one attached hydrogen (secondary N) is 2. The largest absolute Gasteiger partial charge is 0.348 e. The van der Waals surface area contributed by atoms with E-state index in [0.717, 1.165) is 48.3 Å². The fraction of sp³-hybridized carbons (Fsp3) is 0.381. The number of hydrogen-bond acceptors (Lipinski definition) is 5. The highest BCUT2D eigenvalue weighted by molar-refractivity contribution is 7.85. The third-order valence-corrected chi connectivity index (χ3v) is 7.26. The van der Waals surface area contributed by atoms with Gasteiger partial charge in [0.2, 0.25) is 0 Å². The molecule has 1 saturated heterocycles. The van der Waals surface area contributed by atoms with Gasteiger partial charge < -0.3 is 10.2 Å². The predicted octanol–water partition coefficient (Wildman–Crippen LogP) is 2.48. The van der Waals surface area contributed by atoms with Gasteiger partial charge in [-0.2, -0.15) is 5.10 Å². The van der Waals surface area contributed by atoms with Gasteiger partial charge >= 0.3 is 0 Å². The van der Waals surface area contributed by atoms with E-state index in [1.807, 2.05) is 24.3 Å². The Balaban J connectivity index is 1.33. The standard InChI is InChI=1S/C21H25N5O2S/c1-2-26-9-7-19(8-10-26)29(28)18-5-3-15(4-6-18)12-23-21(27)17-11-16-14-24-25-20(16)22-13-17/h3-6,11,13-14,19H,2,7-10,12H2,1H3,(H,23,27)(H,22,24,25). The van der Waals surface area contributed by atoms with Crippen LogP contribution >= 0.6 is 0 Å². The Labute approximate surface area is 172 Å². The van der Waals surface area contributed by atoms with Gasteiger partial charge in [0.25, 0.3) is 5.91 Å². The first-order valence-corrected chi connectivity index (χ1v) is 11.1. The molecule has 0 aliphatic carbocycles. The van der Waals surface area contributed by atoms with Gasteiger partial charge in [-0.25, -0.2) is 4.98 Å². The molecule has 1 aliphatic heterocycles. The van der Waals surface area contributed by atoms with E-state index in [0.29, 0.717) is 17.8 Å². The van der Waals surface area contributed by atoms with E-state index in [4.69, 9.17) is 0 Å². The second-order valence-corrected chi connectivity index (χ2v) is 9.02. The summed E-state index contributed by atoms with van der Waals surface area (Å²) in [6.45, 7) is 5.68. The summed E-state index contributed by atoms with van der Waals surface area (Å²) in [6, 6.07) is 9.47. The van der Waals surface area contributed by atoms with Crippen molar-refractivity contribution in [3.05, 3.63) is 53.9 Å². The summed E-state index contributed by atoms with van der Waals surface area (Å²) in [5.41, 5.74) is 2.12. The summed E-state index contributed by atoms with van der Waals surface area (Å²) in [4.78, 5) is 19.8. The van der Waals surface area contributed by atoms with Gasteiger partial charge in [-0.1, -0.05) is 19.1 Å². The molecule has 7 nitrogen and oxygen atoms in total. The molecule has 1 amide bonds. The molecule has 0 bridgehead atoms. The molecular weight excluding hydrogens is 386 g/mol. The van der Waals surface area contributed by atoms with Crippen LogP contribution in [0, 0.1) is 0 Å². The summed E-state index contributed by atoms with van der Waals surface area (Å²) >= 11 is 0. The minimum Gasteiger partial charge on any atom is -0.348 e. The third-order valence-electron chi connectivity index (χ3n) is 5.45. The van der Waals surface area contributed by atoms with Crippen molar-refractivity contribution in [1.29, 1.82) is 0 Å². The Hall–Kier alpha value is -2.58. The molecule has 1 unspecified atom stereocenters. The van der Waals surface area contributed by atoms with Gasteiger partial charge in [0.15, 0.2) is 5.65 Å². The fourth-order valence-electron chi connectivity index (χ4n) is 3.62. The van der Waals surface area contributed by atoms with Crippen molar-refractivity contribution < 1.29 is 9.00 Å². The predicted molar refractivity (Wildman–Crippen MR) is 113 cm³/mol. The van der Waals surface area contributed by atoms with Crippen molar-refractivity contribution in [2.24, 2.45) is 0 Å². The van der Waals surface area contributed by atoms with Crippen molar-refractivity contribution in [1.82, 2.24) is 25.4 Å². The van der Waals surface area contributed by atoms with Crippen LogP contribution in [0.25, 0.3) is 11.0 Å². The molecular formula is C21H25N5O2S. The van der Waals surface area contributed by atoms with Crippen molar-refractivity contribution in [3.8, 4) is 0 Å². The molecule has 0 spiro atoms. The molecule has 2 aromatic heterocycles. The van der Waals surface area contributed by atoms with Crippen LogP contribution in [0.5, 0.6) is 0 Å². The summed E-state index contributed by atoms with van der Waals surface area (Å²) in [7, 11) is -0.978. The van der Waals surface area contributed by atoms with Crippen LogP contribution < -0.4 is 5.32 Å². The van der Waals surface area contributed by atoms with Crippen LogP contribution in [0.2, 0.25) is 0 Å². The SMILES string of the molecule is CCN1CCC(S(=O)c2ccc(CNC(=O)c3cnc4[nH]ncc4c3)cc2)CC1. The summed E-state index contributed by atoms with van der Waals surface area (Å²) in [5.74, 6) is -0.184. The lowest BCUT2D eigenvalue weighted by molar-refractivity contribution is 0.0950. The first kappa shape index (κ1) is 19.7. The lowest BCUT2D eigenvalue weighted by Crippen LogP contribution is -2.37. The Morgan fingerprint density at radius 1 is 1.24 bits per heavy atom. The molecule has 4 rings (SSSR count). The molecule has 152 valence electrons. The first-order valence-electron chi connectivity index (χ1n) is 9.93.